The Hall–Kier alpha value is -2.73. The molecule has 1 aromatic heterocycles. The van der Waals surface area contributed by atoms with Crippen molar-refractivity contribution in [1.29, 1.82) is 0 Å². The van der Waals surface area contributed by atoms with Crippen LogP contribution in [0.3, 0.4) is 0 Å². The van der Waals surface area contributed by atoms with Gasteiger partial charge >= 0.3 is 0 Å². The molecule has 2 amide bonds. The number of hydrogen-bond acceptors (Lipinski definition) is 4. The van der Waals surface area contributed by atoms with Crippen molar-refractivity contribution in [2.45, 2.75) is 12.8 Å². The van der Waals surface area contributed by atoms with Gasteiger partial charge in [-0.05, 0) is 30.7 Å². The Labute approximate surface area is 150 Å². The summed E-state index contributed by atoms with van der Waals surface area (Å²) in [6, 6.07) is 16.9. The van der Waals surface area contributed by atoms with Crippen LogP contribution in [0.25, 0.3) is 10.2 Å². The molecule has 0 spiro atoms. The fourth-order valence-corrected chi connectivity index (χ4v) is 3.36. The lowest BCUT2D eigenvalue weighted by molar-refractivity contribution is -0.118. The van der Waals surface area contributed by atoms with Crippen LogP contribution >= 0.6 is 11.3 Å². The zero-order valence-corrected chi connectivity index (χ0v) is 14.8. The SMILES string of the molecule is CN(C(=O)CCCNC(=O)c1ccccc1)c1nc2ccccc2s1. The molecular weight excluding hydrogens is 334 g/mol. The number of rotatable bonds is 6. The first-order valence-electron chi connectivity index (χ1n) is 8.10. The van der Waals surface area contributed by atoms with Crippen molar-refractivity contribution in [2.75, 3.05) is 18.5 Å². The van der Waals surface area contributed by atoms with Crippen LogP contribution in [0.5, 0.6) is 0 Å². The smallest absolute Gasteiger partial charge is 0.251 e. The maximum absolute atomic E-state index is 12.3. The standard InChI is InChI=1S/C19H19N3O2S/c1-22(19-21-15-10-5-6-11-16(15)25-19)17(23)12-7-13-20-18(24)14-8-3-2-4-9-14/h2-6,8-11H,7,12-13H2,1H3,(H,20,24). The molecule has 0 saturated carbocycles. The number of nitrogens with zero attached hydrogens (tertiary/aromatic N) is 2. The van der Waals surface area contributed by atoms with Crippen molar-refractivity contribution >= 4 is 38.5 Å². The number of carbonyl (C=O) groups is 2. The minimum atomic E-state index is -0.118. The number of aromatic nitrogens is 1. The van der Waals surface area contributed by atoms with Crippen LogP contribution in [0.15, 0.2) is 54.6 Å². The molecule has 6 heteroatoms. The number of nitrogens with one attached hydrogen (secondary N) is 1. The summed E-state index contributed by atoms with van der Waals surface area (Å²) in [5.41, 5.74) is 1.53. The Morgan fingerprint density at radius 3 is 2.56 bits per heavy atom. The maximum Gasteiger partial charge on any atom is 0.251 e. The van der Waals surface area contributed by atoms with Crippen molar-refractivity contribution in [1.82, 2.24) is 10.3 Å². The maximum atomic E-state index is 12.3. The van der Waals surface area contributed by atoms with Gasteiger partial charge in [0.25, 0.3) is 5.91 Å². The molecule has 0 saturated heterocycles. The van der Waals surface area contributed by atoms with Gasteiger partial charge in [-0.15, -0.1) is 0 Å². The van der Waals surface area contributed by atoms with Crippen LogP contribution in [-0.4, -0.2) is 30.4 Å². The van der Waals surface area contributed by atoms with E-state index in [1.807, 2.05) is 42.5 Å². The van der Waals surface area contributed by atoms with Gasteiger partial charge in [0.05, 0.1) is 10.2 Å². The fourth-order valence-electron chi connectivity index (χ4n) is 2.41. The van der Waals surface area contributed by atoms with Crippen LogP contribution in [-0.2, 0) is 4.79 Å². The molecule has 0 aliphatic heterocycles. The molecule has 0 aliphatic rings. The van der Waals surface area contributed by atoms with Gasteiger partial charge in [-0.3, -0.25) is 14.5 Å². The highest BCUT2D eigenvalue weighted by molar-refractivity contribution is 7.22. The molecule has 25 heavy (non-hydrogen) atoms. The van der Waals surface area contributed by atoms with Gasteiger partial charge in [-0.25, -0.2) is 4.98 Å². The summed E-state index contributed by atoms with van der Waals surface area (Å²) >= 11 is 1.50. The summed E-state index contributed by atoms with van der Waals surface area (Å²) in [5.74, 6) is -0.124. The number of amides is 2. The quantitative estimate of drug-likeness (QED) is 0.690. The van der Waals surface area contributed by atoms with E-state index in [4.69, 9.17) is 0 Å². The van der Waals surface area contributed by atoms with Crippen LogP contribution < -0.4 is 10.2 Å². The molecule has 0 unspecified atom stereocenters. The van der Waals surface area contributed by atoms with E-state index in [-0.39, 0.29) is 11.8 Å². The van der Waals surface area contributed by atoms with Crippen molar-refractivity contribution in [3.63, 3.8) is 0 Å². The third-order valence-electron chi connectivity index (χ3n) is 3.83. The predicted octanol–water partition coefficient (Wildman–Crippen LogP) is 3.47. The Kier molecular flexibility index (Phi) is 5.40. The zero-order chi connectivity index (χ0) is 17.6. The van der Waals surface area contributed by atoms with Crippen molar-refractivity contribution in [2.24, 2.45) is 0 Å². The molecule has 1 N–H and O–H groups in total. The molecule has 3 aromatic rings. The number of carbonyl (C=O) groups excluding carboxylic acids is 2. The summed E-state index contributed by atoms with van der Waals surface area (Å²) in [6.07, 6.45) is 0.953. The topological polar surface area (TPSA) is 62.3 Å². The van der Waals surface area contributed by atoms with Gasteiger partial charge < -0.3 is 5.32 Å². The van der Waals surface area contributed by atoms with Crippen LogP contribution in [0, 0.1) is 0 Å². The zero-order valence-electron chi connectivity index (χ0n) is 13.9. The molecule has 0 aliphatic carbocycles. The summed E-state index contributed by atoms with van der Waals surface area (Å²) in [5, 5.41) is 3.53. The molecule has 3 rings (SSSR count). The molecule has 5 nitrogen and oxygen atoms in total. The average molecular weight is 353 g/mol. The Morgan fingerprint density at radius 2 is 1.80 bits per heavy atom. The number of benzene rings is 2. The Morgan fingerprint density at radius 1 is 1.08 bits per heavy atom. The summed E-state index contributed by atoms with van der Waals surface area (Å²) in [4.78, 5) is 30.3. The highest BCUT2D eigenvalue weighted by Crippen LogP contribution is 2.28. The second-order valence-electron chi connectivity index (χ2n) is 5.64. The van der Waals surface area contributed by atoms with Crippen molar-refractivity contribution in [3.05, 3.63) is 60.2 Å². The van der Waals surface area contributed by atoms with Crippen molar-refractivity contribution < 1.29 is 9.59 Å². The summed E-state index contributed by atoms with van der Waals surface area (Å²) in [6.45, 7) is 0.465. The van der Waals surface area contributed by atoms with Gasteiger partial charge in [-0.2, -0.15) is 0 Å². The first-order valence-corrected chi connectivity index (χ1v) is 8.92. The van der Waals surface area contributed by atoms with E-state index >= 15 is 0 Å². The van der Waals surface area contributed by atoms with E-state index in [1.54, 1.807) is 24.1 Å². The van der Waals surface area contributed by atoms with E-state index in [0.717, 1.165) is 10.2 Å². The normalized spacial score (nSPS) is 10.6. The number of para-hydroxylation sites is 1. The highest BCUT2D eigenvalue weighted by atomic mass is 32.1. The van der Waals surface area contributed by atoms with Crippen LogP contribution in [0.4, 0.5) is 5.13 Å². The largest absolute Gasteiger partial charge is 0.352 e. The van der Waals surface area contributed by atoms with E-state index in [2.05, 4.69) is 10.3 Å². The molecule has 0 atom stereocenters. The van der Waals surface area contributed by atoms with Crippen molar-refractivity contribution in [3.8, 4) is 0 Å². The van der Waals surface area contributed by atoms with Gasteiger partial charge in [0.2, 0.25) is 5.91 Å². The summed E-state index contributed by atoms with van der Waals surface area (Å²) < 4.78 is 1.06. The molecular formula is C19H19N3O2S. The third-order valence-corrected chi connectivity index (χ3v) is 4.95. The summed E-state index contributed by atoms with van der Waals surface area (Å²) in [7, 11) is 1.74. The minimum absolute atomic E-state index is 0.00647. The van der Waals surface area contributed by atoms with Gasteiger partial charge in [-0.1, -0.05) is 41.7 Å². The second kappa shape index (κ2) is 7.90. The Bertz CT molecular complexity index is 844. The lowest BCUT2D eigenvalue weighted by Crippen LogP contribution is -2.28. The first kappa shape index (κ1) is 17.1. The van der Waals surface area contributed by atoms with Crippen LogP contribution in [0.1, 0.15) is 23.2 Å². The molecule has 2 aromatic carbocycles. The van der Waals surface area contributed by atoms with Crippen LogP contribution in [0.2, 0.25) is 0 Å². The van der Waals surface area contributed by atoms with Gasteiger partial charge in [0.15, 0.2) is 5.13 Å². The molecule has 0 bridgehead atoms. The number of hydrogen-bond donors (Lipinski definition) is 1. The third kappa shape index (κ3) is 4.22. The Balaban J connectivity index is 1.48. The molecule has 0 radical (unpaired) electrons. The van der Waals surface area contributed by atoms with Gasteiger partial charge in [0.1, 0.15) is 0 Å². The predicted molar refractivity (Wildman–Crippen MR) is 101 cm³/mol. The van der Waals surface area contributed by atoms with E-state index in [0.29, 0.717) is 30.1 Å². The molecule has 128 valence electrons. The molecule has 1 heterocycles. The van der Waals surface area contributed by atoms with E-state index < -0.39 is 0 Å². The first-order chi connectivity index (χ1) is 12.1. The number of fused-ring (bicyclic) bond motifs is 1. The average Bonchev–Trinajstić information content (AvgIpc) is 3.09. The van der Waals surface area contributed by atoms with E-state index in [1.165, 1.54) is 11.3 Å². The monoisotopic (exact) mass is 353 g/mol. The van der Waals surface area contributed by atoms with Gasteiger partial charge in [0, 0.05) is 25.6 Å². The van der Waals surface area contributed by atoms with E-state index in [9.17, 15) is 9.59 Å². The number of anilines is 1. The molecule has 0 fully saturated rings. The minimum Gasteiger partial charge on any atom is -0.352 e. The number of thiazole rings is 1. The lowest BCUT2D eigenvalue weighted by atomic mass is 10.2. The lowest BCUT2D eigenvalue weighted by Gasteiger charge is -2.13. The highest BCUT2D eigenvalue weighted by Gasteiger charge is 2.15. The fraction of sp³-hybridized carbons (Fsp3) is 0.211. The second-order valence-corrected chi connectivity index (χ2v) is 6.65.